The van der Waals surface area contributed by atoms with Gasteiger partial charge < -0.3 is 0 Å². The van der Waals surface area contributed by atoms with Gasteiger partial charge in [-0.3, -0.25) is 0 Å². The fourth-order valence-electron chi connectivity index (χ4n) is 1.79. The second kappa shape index (κ2) is 3.97. The normalized spacial score (nSPS) is 19.0. The van der Waals surface area contributed by atoms with Crippen LogP contribution in [-0.2, 0) is 0 Å². The molecule has 0 amide bonds. The number of unbranched alkanes of at least 4 members (excludes halogenated alkanes) is 1. The molecule has 0 bridgehead atoms. The Labute approximate surface area is 59.1 Å². The Kier molecular flexibility index (Phi) is 3.17. The number of hydrogen-bond acceptors (Lipinski definition) is 0. The van der Waals surface area contributed by atoms with Crippen LogP contribution < -0.4 is 0 Å². The molecular weight excluding hydrogens is 107 g/mol. The van der Waals surface area contributed by atoms with E-state index in [0.29, 0.717) is 0 Å². The lowest BCUT2D eigenvalue weighted by Crippen LogP contribution is -2.03. The van der Waals surface area contributed by atoms with Crippen LogP contribution in [0.3, 0.4) is 0 Å². The molecule has 0 spiro atoms. The van der Waals surface area contributed by atoms with Gasteiger partial charge >= 0.3 is 0 Å². The van der Waals surface area contributed by atoms with Crippen LogP contribution in [0.5, 0.6) is 0 Å². The molecule has 0 aromatic rings. The first kappa shape index (κ1) is 7.18. The zero-order chi connectivity index (χ0) is 6.53. The molecule has 0 aromatic carbocycles. The van der Waals surface area contributed by atoms with Crippen molar-refractivity contribution in [1.29, 1.82) is 0 Å². The average molecular weight is 124 g/mol. The Bertz CT molecular complexity index is 65.0. The average Bonchev–Trinajstić information content (AvgIpc) is 2.34. The Morgan fingerprint density at radius 3 is 2.44 bits per heavy atom. The van der Waals surface area contributed by atoms with Crippen LogP contribution in [0, 0.1) is 0 Å². The first-order chi connectivity index (χ1) is 4.43. The summed E-state index contributed by atoms with van der Waals surface area (Å²) in [4.78, 5) is 0. The van der Waals surface area contributed by atoms with Crippen molar-refractivity contribution in [3.05, 3.63) is 0 Å². The summed E-state index contributed by atoms with van der Waals surface area (Å²) >= 11 is 0. The van der Waals surface area contributed by atoms with Gasteiger partial charge in [0.1, 0.15) is 6.71 Å². The maximum absolute atomic E-state index is 2.29. The van der Waals surface area contributed by atoms with Crippen LogP contribution in [0.2, 0.25) is 19.0 Å². The Morgan fingerprint density at radius 2 is 1.89 bits per heavy atom. The van der Waals surface area contributed by atoms with Crippen LogP contribution in [0.1, 0.15) is 32.6 Å². The van der Waals surface area contributed by atoms with Crippen molar-refractivity contribution in [2.45, 2.75) is 51.6 Å². The second-order valence-electron chi connectivity index (χ2n) is 3.29. The largest absolute Gasteiger partial charge is 0.139 e. The molecule has 0 unspecified atom stereocenters. The van der Waals surface area contributed by atoms with Crippen LogP contribution >= 0.6 is 0 Å². The fourth-order valence-corrected chi connectivity index (χ4v) is 1.79. The van der Waals surface area contributed by atoms with Gasteiger partial charge in [-0.1, -0.05) is 51.6 Å². The van der Waals surface area contributed by atoms with Crippen molar-refractivity contribution in [2.75, 3.05) is 0 Å². The highest BCUT2D eigenvalue weighted by Crippen LogP contribution is 2.23. The molecule has 0 radical (unpaired) electrons. The predicted octanol–water partition coefficient (Wildman–Crippen LogP) is 3.08. The molecule has 0 saturated carbocycles. The standard InChI is InChI=1S/C8H17B/c1-2-3-6-9-7-4-5-8-9/h2-8H2,1H3. The topological polar surface area (TPSA) is 0 Å². The summed E-state index contributed by atoms with van der Waals surface area (Å²) in [5.41, 5.74) is 0. The minimum atomic E-state index is 1.12. The first-order valence-corrected chi connectivity index (χ1v) is 4.43. The van der Waals surface area contributed by atoms with Gasteiger partial charge in [0.25, 0.3) is 0 Å². The van der Waals surface area contributed by atoms with E-state index in [4.69, 9.17) is 0 Å². The number of hydrogen-bond donors (Lipinski definition) is 0. The van der Waals surface area contributed by atoms with Crippen molar-refractivity contribution in [2.24, 2.45) is 0 Å². The number of rotatable bonds is 3. The second-order valence-corrected chi connectivity index (χ2v) is 3.29. The molecule has 0 aromatic heterocycles. The van der Waals surface area contributed by atoms with E-state index in [1.165, 1.54) is 44.6 Å². The van der Waals surface area contributed by atoms with Crippen molar-refractivity contribution < 1.29 is 0 Å². The summed E-state index contributed by atoms with van der Waals surface area (Å²) in [6.45, 7) is 3.40. The van der Waals surface area contributed by atoms with E-state index in [9.17, 15) is 0 Å². The summed E-state index contributed by atoms with van der Waals surface area (Å²) in [7, 11) is 0. The first-order valence-electron chi connectivity index (χ1n) is 4.43. The molecule has 1 heterocycles. The molecule has 1 fully saturated rings. The maximum atomic E-state index is 2.29. The monoisotopic (exact) mass is 124 g/mol. The third-order valence-electron chi connectivity index (χ3n) is 2.44. The van der Waals surface area contributed by atoms with Gasteiger partial charge in [0, 0.05) is 0 Å². The zero-order valence-electron chi connectivity index (χ0n) is 6.53. The minimum Gasteiger partial charge on any atom is -0.0742 e. The quantitative estimate of drug-likeness (QED) is 0.507. The molecule has 1 rings (SSSR count). The van der Waals surface area contributed by atoms with E-state index in [1.54, 1.807) is 0 Å². The predicted molar refractivity (Wildman–Crippen MR) is 44.3 cm³/mol. The lowest BCUT2D eigenvalue weighted by atomic mass is 9.45. The van der Waals surface area contributed by atoms with E-state index in [2.05, 4.69) is 6.92 Å². The molecule has 9 heavy (non-hydrogen) atoms. The van der Waals surface area contributed by atoms with Crippen molar-refractivity contribution in [3.63, 3.8) is 0 Å². The van der Waals surface area contributed by atoms with Gasteiger partial charge in [-0.25, -0.2) is 0 Å². The van der Waals surface area contributed by atoms with Crippen molar-refractivity contribution in [1.82, 2.24) is 0 Å². The highest BCUT2D eigenvalue weighted by molar-refractivity contribution is 6.59. The third-order valence-corrected chi connectivity index (χ3v) is 2.44. The Hall–Kier alpha value is 0.0649. The van der Waals surface area contributed by atoms with Crippen LogP contribution in [0.15, 0.2) is 0 Å². The highest BCUT2D eigenvalue weighted by Gasteiger charge is 2.17. The van der Waals surface area contributed by atoms with E-state index in [0.717, 1.165) is 6.71 Å². The van der Waals surface area contributed by atoms with E-state index in [-0.39, 0.29) is 0 Å². The van der Waals surface area contributed by atoms with Crippen molar-refractivity contribution >= 4 is 6.71 Å². The molecule has 0 aliphatic carbocycles. The van der Waals surface area contributed by atoms with Gasteiger partial charge in [-0.05, 0) is 0 Å². The molecule has 1 aliphatic rings. The van der Waals surface area contributed by atoms with Crippen molar-refractivity contribution in [3.8, 4) is 0 Å². The van der Waals surface area contributed by atoms with Gasteiger partial charge in [0.15, 0.2) is 0 Å². The summed E-state index contributed by atoms with van der Waals surface area (Å²) < 4.78 is 0. The van der Waals surface area contributed by atoms with Crippen LogP contribution in [-0.4, -0.2) is 6.71 Å². The smallest absolute Gasteiger partial charge is 0.0742 e. The molecule has 1 heteroatoms. The third kappa shape index (κ3) is 2.42. The molecule has 0 atom stereocenters. The Morgan fingerprint density at radius 1 is 1.22 bits per heavy atom. The van der Waals surface area contributed by atoms with Crippen LogP contribution in [0.4, 0.5) is 0 Å². The lowest BCUT2D eigenvalue weighted by Gasteiger charge is -2.00. The molecular formula is C8H17B. The molecule has 0 nitrogen and oxygen atoms in total. The van der Waals surface area contributed by atoms with Crippen LogP contribution in [0.25, 0.3) is 0 Å². The summed E-state index contributed by atoms with van der Waals surface area (Å²) in [6, 6.07) is 0. The molecule has 52 valence electrons. The summed E-state index contributed by atoms with van der Waals surface area (Å²) in [6.07, 6.45) is 10.4. The summed E-state index contributed by atoms with van der Waals surface area (Å²) in [5.74, 6) is 0. The highest BCUT2D eigenvalue weighted by atomic mass is 14.0. The van der Waals surface area contributed by atoms with Gasteiger partial charge in [-0.15, -0.1) is 0 Å². The summed E-state index contributed by atoms with van der Waals surface area (Å²) in [5, 5.41) is 0. The van der Waals surface area contributed by atoms with Gasteiger partial charge in [0.05, 0.1) is 0 Å². The minimum absolute atomic E-state index is 1.12. The fraction of sp³-hybridized carbons (Fsp3) is 1.00. The van der Waals surface area contributed by atoms with Gasteiger partial charge in [-0.2, -0.15) is 0 Å². The lowest BCUT2D eigenvalue weighted by molar-refractivity contribution is 0.872. The van der Waals surface area contributed by atoms with Gasteiger partial charge in [0.2, 0.25) is 0 Å². The SMILES string of the molecule is CCCCB1CCCC1. The molecule has 0 N–H and O–H groups in total. The van der Waals surface area contributed by atoms with E-state index < -0.39 is 0 Å². The molecule has 1 aliphatic heterocycles. The maximum Gasteiger partial charge on any atom is 0.139 e. The Balaban J connectivity index is 1.98. The zero-order valence-corrected chi connectivity index (χ0v) is 6.53. The van der Waals surface area contributed by atoms with E-state index in [1.807, 2.05) is 0 Å². The molecule has 1 saturated heterocycles. The van der Waals surface area contributed by atoms with E-state index >= 15 is 0 Å².